The number of aromatic nitrogens is 4. The highest BCUT2D eigenvalue weighted by molar-refractivity contribution is 7.80. The lowest BCUT2D eigenvalue weighted by atomic mass is 10.3. The molecule has 0 bridgehead atoms. The van der Waals surface area contributed by atoms with Gasteiger partial charge in [0.2, 0.25) is 17.9 Å². The van der Waals surface area contributed by atoms with Crippen molar-refractivity contribution in [1.29, 1.82) is 0 Å². The molecule has 286 valence electrons. The van der Waals surface area contributed by atoms with Crippen LogP contribution in [0.15, 0.2) is 53.5 Å². The van der Waals surface area contributed by atoms with Gasteiger partial charge < -0.3 is 36.4 Å². The molecule has 2 heterocycles. The fourth-order valence-electron chi connectivity index (χ4n) is 4.45. The van der Waals surface area contributed by atoms with E-state index >= 15 is 0 Å². The lowest BCUT2D eigenvalue weighted by molar-refractivity contribution is 0.405. The summed E-state index contributed by atoms with van der Waals surface area (Å²) >= 11 is 29.2. The summed E-state index contributed by atoms with van der Waals surface area (Å²) in [7, 11) is 9.90. The van der Waals surface area contributed by atoms with Gasteiger partial charge in [0.05, 0.1) is 20.1 Å². The molecule has 0 saturated carbocycles. The summed E-state index contributed by atoms with van der Waals surface area (Å²) in [6.45, 7) is 7.53. The van der Waals surface area contributed by atoms with E-state index < -0.39 is 0 Å². The smallest absolute Gasteiger partial charge is 0.231 e. The Labute approximate surface area is 337 Å². The lowest BCUT2D eigenvalue weighted by Gasteiger charge is -2.14. The van der Waals surface area contributed by atoms with E-state index in [4.69, 9.17) is 58.6 Å². The molecule has 0 radical (unpaired) electrons. The number of nitrogens with one attached hydrogen (secondary N) is 6. The third kappa shape index (κ3) is 16.8. The number of hydrogen-bond acceptors (Lipinski definition) is 10. The van der Waals surface area contributed by atoms with Crippen molar-refractivity contribution >= 4 is 105 Å². The molecular weight excluding hydrogens is 776 g/mol. The zero-order chi connectivity index (χ0) is 38.9. The van der Waals surface area contributed by atoms with E-state index in [-0.39, 0.29) is 0 Å². The Hall–Kier alpha value is -3.76. The Morgan fingerprint density at radius 3 is 1.51 bits per heavy atom. The summed E-state index contributed by atoms with van der Waals surface area (Å²) in [6.07, 6.45) is 2.05. The second kappa shape index (κ2) is 22.5. The Bertz CT molecular complexity index is 1830. The minimum Gasteiger partial charge on any atom is -0.370 e. The van der Waals surface area contributed by atoms with Crippen LogP contribution in [0.4, 0.5) is 34.9 Å². The van der Waals surface area contributed by atoms with Crippen LogP contribution in [0.3, 0.4) is 0 Å². The van der Waals surface area contributed by atoms with Gasteiger partial charge in [0.25, 0.3) is 0 Å². The molecule has 13 nitrogen and oxygen atoms in total. The third-order valence-corrected chi connectivity index (χ3v) is 8.61. The topological polar surface area (TPSA) is 143 Å². The molecule has 0 aliphatic carbocycles. The summed E-state index contributed by atoms with van der Waals surface area (Å²) in [4.78, 5) is 26.2. The molecule has 0 atom stereocenters. The maximum Gasteiger partial charge on any atom is 0.231 e. The first kappa shape index (κ1) is 43.6. The van der Waals surface area contributed by atoms with Crippen LogP contribution in [0.2, 0.25) is 20.1 Å². The fourth-order valence-corrected chi connectivity index (χ4v) is 5.26. The van der Waals surface area contributed by atoms with Crippen molar-refractivity contribution in [3.05, 3.63) is 80.0 Å². The monoisotopic (exact) mass is 821 g/mol. The second-order valence-electron chi connectivity index (χ2n) is 12.3. The first-order chi connectivity index (χ1) is 25.2. The molecule has 53 heavy (non-hydrogen) atoms. The number of thiocarbonyl (C=S) groups is 1. The van der Waals surface area contributed by atoms with Crippen LogP contribution in [0, 0.1) is 13.8 Å². The van der Waals surface area contributed by atoms with Crippen LogP contribution >= 0.6 is 58.6 Å². The number of rotatable bonds is 14. The second-order valence-corrected chi connectivity index (χ2v) is 14.3. The SMILES string of the molecule is CN=C(Nc1ccc(Cl)c(Cl)c1)Nc1nc(C)cc(NCCCN(C)C)n1.Cc1cc(NCCCN(C)C)nc(NC(=S)Nc2ccc(Cl)c(Cl)c2)n1. The minimum absolute atomic E-state index is 0.368. The Balaban J connectivity index is 0.000000286. The Morgan fingerprint density at radius 1 is 0.623 bits per heavy atom. The van der Waals surface area contributed by atoms with Crippen molar-refractivity contribution in [1.82, 2.24) is 29.7 Å². The third-order valence-electron chi connectivity index (χ3n) is 6.92. The van der Waals surface area contributed by atoms with E-state index in [1.165, 1.54) is 0 Å². The zero-order valence-electron chi connectivity index (χ0n) is 30.9. The Kier molecular flexibility index (Phi) is 18.5. The average Bonchev–Trinajstić information content (AvgIpc) is 3.08. The number of hydrogen-bond donors (Lipinski definition) is 6. The van der Waals surface area contributed by atoms with Crippen molar-refractivity contribution in [2.24, 2.45) is 4.99 Å². The molecule has 0 spiro atoms. The van der Waals surface area contributed by atoms with Crippen LogP contribution in [-0.2, 0) is 0 Å². The summed E-state index contributed by atoms with van der Waals surface area (Å²) in [5.74, 6) is 2.92. The minimum atomic E-state index is 0.368. The maximum atomic E-state index is 6.05. The summed E-state index contributed by atoms with van der Waals surface area (Å²) in [5, 5.41) is 21.2. The van der Waals surface area contributed by atoms with Gasteiger partial charge in [-0.1, -0.05) is 46.4 Å². The van der Waals surface area contributed by atoms with Crippen molar-refractivity contribution in [3.63, 3.8) is 0 Å². The van der Waals surface area contributed by atoms with Gasteiger partial charge in [-0.25, -0.2) is 9.97 Å². The van der Waals surface area contributed by atoms with Crippen LogP contribution in [-0.4, -0.2) is 102 Å². The number of anilines is 6. The van der Waals surface area contributed by atoms with E-state index in [9.17, 15) is 0 Å². The number of benzene rings is 2. The van der Waals surface area contributed by atoms with Gasteiger partial charge in [0, 0.05) is 55.0 Å². The quantitative estimate of drug-likeness (QED) is 0.0315. The predicted molar refractivity (Wildman–Crippen MR) is 230 cm³/mol. The van der Waals surface area contributed by atoms with Crippen LogP contribution < -0.4 is 31.9 Å². The van der Waals surface area contributed by atoms with Crippen LogP contribution in [0.1, 0.15) is 24.2 Å². The molecule has 6 N–H and O–H groups in total. The first-order valence-electron chi connectivity index (χ1n) is 16.7. The molecule has 4 rings (SSSR count). The summed E-state index contributed by atoms with van der Waals surface area (Å²) in [5.41, 5.74) is 3.18. The number of guanidine groups is 1. The van der Waals surface area contributed by atoms with E-state index in [1.807, 2.05) is 32.0 Å². The molecule has 0 aliphatic rings. The van der Waals surface area contributed by atoms with Gasteiger partial charge in [-0.2, -0.15) is 9.97 Å². The fraction of sp³-hybridized carbons (Fsp3) is 0.371. The van der Waals surface area contributed by atoms with Gasteiger partial charge in [-0.15, -0.1) is 0 Å². The van der Waals surface area contributed by atoms with Crippen molar-refractivity contribution in [3.8, 4) is 0 Å². The number of aryl methyl sites for hydroxylation is 2. The van der Waals surface area contributed by atoms with Gasteiger partial charge >= 0.3 is 0 Å². The highest BCUT2D eigenvalue weighted by atomic mass is 35.5. The predicted octanol–water partition coefficient (Wildman–Crippen LogP) is 8.23. The van der Waals surface area contributed by atoms with Gasteiger partial charge in [0.1, 0.15) is 11.6 Å². The molecule has 2 aromatic carbocycles. The summed E-state index contributed by atoms with van der Waals surface area (Å²) < 4.78 is 0. The first-order valence-corrected chi connectivity index (χ1v) is 18.6. The van der Waals surface area contributed by atoms with Gasteiger partial charge in [0.15, 0.2) is 5.11 Å². The molecule has 0 saturated heterocycles. The number of halogens is 4. The molecule has 18 heteroatoms. The molecule has 2 aromatic heterocycles. The standard InChI is InChI=1S/C18H25Cl2N7.C17H22Cl2N6S/c1-12-10-16(22-8-5-9-27(3)4)25-18(23-12)26-17(21-2)24-13-6-7-14(19)15(20)11-13;1-11-9-15(20-7-4-8-25(2)3)23-16(21-11)24-17(26)22-12-5-6-13(18)14(19)10-12/h6-7,10-11H,5,8-9H2,1-4H3,(H3,21,22,23,24,25,26);5-6,9-10H,4,7-8H2,1-3H3,(H3,20,21,22,23,24,26). The molecule has 4 aromatic rings. The Morgan fingerprint density at radius 2 is 1.08 bits per heavy atom. The molecule has 0 unspecified atom stereocenters. The largest absolute Gasteiger partial charge is 0.370 e. The van der Waals surface area contributed by atoms with Crippen LogP contribution in [0.25, 0.3) is 0 Å². The highest BCUT2D eigenvalue weighted by Gasteiger charge is 2.09. The normalized spacial score (nSPS) is 11.2. The summed E-state index contributed by atoms with van der Waals surface area (Å²) in [6, 6.07) is 14.3. The number of nitrogens with zero attached hydrogens (tertiary/aromatic N) is 7. The van der Waals surface area contributed by atoms with E-state index in [1.54, 1.807) is 37.4 Å². The lowest BCUT2D eigenvalue weighted by Crippen LogP contribution is -2.23. The van der Waals surface area contributed by atoms with E-state index in [0.717, 1.165) is 73.4 Å². The highest BCUT2D eigenvalue weighted by Crippen LogP contribution is 2.26. The average molecular weight is 824 g/mol. The van der Waals surface area contributed by atoms with Gasteiger partial charge in [-0.05, 0) is 117 Å². The van der Waals surface area contributed by atoms with E-state index in [2.05, 4.69) is 94.8 Å². The van der Waals surface area contributed by atoms with Crippen molar-refractivity contribution < 1.29 is 0 Å². The molecular formula is C35H47Cl4N13S. The molecule has 0 aliphatic heterocycles. The van der Waals surface area contributed by atoms with Crippen molar-refractivity contribution in [2.75, 3.05) is 93.3 Å². The number of aliphatic imine (C=N–C) groups is 1. The zero-order valence-corrected chi connectivity index (χ0v) is 34.8. The molecule has 0 amide bonds. The van der Waals surface area contributed by atoms with Crippen molar-refractivity contribution in [2.45, 2.75) is 26.7 Å². The molecule has 0 fully saturated rings. The van der Waals surface area contributed by atoms with E-state index in [0.29, 0.717) is 43.1 Å². The maximum absolute atomic E-state index is 6.05. The van der Waals surface area contributed by atoms with Gasteiger partial charge in [-0.3, -0.25) is 10.3 Å². The van der Waals surface area contributed by atoms with Crippen LogP contribution in [0.5, 0.6) is 0 Å².